The quantitative estimate of drug-likeness (QED) is 0.551. The van der Waals surface area contributed by atoms with Gasteiger partial charge in [0.25, 0.3) is 0 Å². The molecular weight excluding hydrogens is 238 g/mol. The van der Waals surface area contributed by atoms with Crippen molar-refractivity contribution in [1.29, 1.82) is 0 Å². The van der Waals surface area contributed by atoms with E-state index < -0.39 is 33.9 Å². The SMILES string of the molecule is O=C(O)C(CO)NS(=O)(=O)C1CCOCC1. The fourth-order valence-corrected chi connectivity index (χ4v) is 3.02. The zero-order valence-electron chi connectivity index (χ0n) is 8.63. The number of carboxylic acid groups (broad SMARTS) is 1. The van der Waals surface area contributed by atoms with Crippen molar-refractivity contribution in [2.24, 2.45) is 0 Å². The van der Waals surface area contributed by atoms with Crippen LogP contribution in [0.15, 0.2) is 0 Å². The molecule has 1 aliphatic rings. The van der Waals surface area contributed by atoms with E-state index in [-0.39, 0.29) is 0 Å². The molecule has 0 aromatic heterocycles. The van der Waals surface area contributed by atoms with E-state index in [9.17, 15) is 13.2 Å². The molecule has 1 fully saturated rings. The highest BCUT2D eigenvalue weighted by Crippen LogP contribution is 2.15. The predicted octanol–water partition coefficient (Wildman–Crippen LogP) is -1.47. The molecule has 0 radical (unpaired) electrons. The van der Waals surface area contributed by atoms with E-state index in [0.717, 1.165) is 0 Å². The zero-order chi connectivity index (χ0) is 12.2. The first kappa shape index (κ1) is 13.4. The number of rotatable bonds is 5. The number of hydrogen-bond donors (Lipinski definition) is 3. The minimum absolute atomic E-state index is 0.340. The largest absolute Gasteiger partial charge is 0.480 e. The molecule has 0 aromatic rings. The highest BCUT2D eigenvalue weighted by molar-refractivity contribution is 7.90. The molecule has 1 saturated heterocycles. The van der Waals surface area contributed by atoms with Crippen molar-refractivity contribution in [3.8, 4) is 0 Å². The summed E-state index contributed by atoms with van der Waals surface area (Å²) in [6.07, 6.45) is 0.681. The second kappa shape index (κ2) is 5.58. The Kier molecular flexibility index (Phi) is 4.66. The van der Waals surface area contributed by atoms with Gasteiger partial charge in [-0.1, -0.05) is 0 Å². The first-order chi connectivity index (χ1) is 7.47. The van der Waals surface area contributed by atoms with Crippen LogP contribution in [0, 0.1) is 0 Å². The summed E-state index contributed by atoms with van der Waals surface area (Å²) >= 11 is 0. The van der Waals surface area contributed by atoms with Gasteiger partial charge in [0.15, 0.2) is 0 Å². The highest BCUT2D eigenvalue weighted by Gasteiger charge is 2.31. The van der Waals surface area contributed by atoms with Crippen LogP contribution in [-0.2, 0) is 19.6 Å². The lowest BCUT2D eigenvalue weighted by Gasteiger charge is -2.23. The van der Waals surface area contributed by atoms with Crippen LogP contribution in [0.25, 0.3) is 0 Å². The number of carboxylic acids is 1. The number of hydrogen-bond acceptors (Lipinski definition) is 5. The maximum Gasteiger partial charge on any atom is 0.324 e. The van der Waals surface area contributed by atoms with Crippen LogP contribution in [0.5, 0.6) is 0 Å². The monoisotopic (exact) mass is 253 g/mol. The molecular formula is C8H15NO6S. The van der Waals surface area contributed by atoms with Crippen molar-refractivity contribution < 1.29 is 28.2 Å². The van der Waals surface area contributed by atoms with E-state index >= 15 is 0 Å². The van der Waals surface area contributed by atoms with Crippen LogP contribution in [0.3, 0.4) is 0 Å². The number of nitrogens with one attached hydrogen (secondary N) is 1. The summed E-state index contributed by atoms with van der Waals surface area (Å²) in [5.41, 5.74) is 0. The molecule has 1 atom stereocenters. The molecule has 1 rings (SSSR count). The van der Waals surface area contributed by atoms with Gasteiger partial charge in [0, 0.05) is 13.2 Å². The fraction of sp³-hybridized carbons (Fsp3) is 0.875. The van der Waals surface area contributed by atoms with E-state index in [1.807, 2.05) is 4.72 Å². The number of ether oxygens (including phenoxy) is 1. The molecule has 8 heteroatoms. The molecule has 0 amide bonds. The summed E-state index contributed by atoms with van der Waals surface area (Å²) in [4.78, 5) is 10.6. The molecule has 3 N–H and O–H groups in total. The summed E-state index contributed by atoms with van der Waals surface area (Å²) < 4.78 is 30.4. The van der Waals surface area contributed by atoms with Crippen LogP contribution in [-0.4, -0.2) is 55.7 Å². The number of aliphatic carboxylic acids is 1. The lowest BCUT2D eigenvalue weighted by molar-refractivity contribution is -0.139. The summed E-state index contributed by atoms with van der Waals surface area (Å²) in [7, 11) is -3.71. The maximum atomic E-state index is 11.7. The van der Waals surface area contributed by atoms with Gasteiger partial charge in [-0.25, -0.2) is 8.42 Å². The van der Waals surface area contributed by atoms with Gasteiger partial charge >= 0.3 is 5.97 Å². The van der Waals surface area contributed by atoms with Gasteiger partial charge in [0.1, 0.15) is 6.04 Å². The average molecular weight is 253 g/mol. The Balaban J connectivity index is 2.65. The summed E-state index contributed by atoms with van der Waals surface area (Å²) in [6, 6.07) is -1.48. The number of carbonyl (C=O) groups is 1. The van der Waals surface area contributed by atoms with Crippen LogP contribution in [0.2, 0.25) is 0 Å². The number of sulfonamides is 1. The molecule has 0 saturated carbocycles. The molecule has 1 heterocycles. The number of aliphatic hydroxyl groups excluding tert-OH is 1. The van der Waals surface area contributed by atoms with Crippen molar-refractivity contribution in [3.63, 3.8) is 0 Å². The molecule has 0 bridgehead atoms. The Morgan fingerprint density at radius 2 is 2.00 bits per heavy atom. The lowest BCUT2D eigenvalue weighted by Crippen LogP contribution is -2.48. The average Bonchev–Trinajstić information content (AvgIpc) is 2.27. The van der Waals surface area contributed by atoms with Crippen molar-refractivity contribution in [3.05, 3.63) is 0 Å². The van der Waals surface area contributed by atoms with Gasteiger partial charge in [-0.3, -0.25) is 4.79 Å². The molecule has 0 aromatic carbocycles. The van der Waals surface area contributed by atoms with Gasteiger partial charge in [-0.05, 0) is 12.8 Å². The van der Waals surface area contributed by atoms with Crippen molar-refractivity contribution in [2.75, 3.05) is 19.8 Å². The fourth-order valence-electron chi connectivity index (χ4n) is 1.45. The third kappa shape index (κ3) is 3.41. The summed E-state index contributed by atoms with van der Waals surface area (Å²) in [5.74, 6) is -1.39. The molecule has 0 aliphatic carbocycles. The van der Waals surface area contributed by atoms with E-state index in [2.05, 4.69) is 0 Å². The molecule has 16 heavy (non-hydrogen) atoms. The summed E-state index contributed by atoms with van der Waals surface area (Å²) in [5, 5.41) is 16.7. The van der Waals surface area contributed by atoms with E-state index in [0.29, 0.717) is 26.1 Å². The Hall–Kier alpha value is -0.700. The van der Waals surface area contributed by atoms with Crippen LogP contribution >= 0.6 is 0 Å². The Morgan fingerprint density at radius 3 is 2.44 bits per heavy atom. The third-order valence-corrected chi connectivity index (χ3v) is 4.36. The van der Waals surface area contributed by atoms with E-state index in [4.69, 9.17) is 14.9 Å². The van der Waals surface area contributed by atoms with Gasteiger partial charge in [0.2, 0.25) is 10.0 Å². The molecule has 1 aliphatic heterocycles. The van der Waals surface area contributed by atoms with Gasteiger partial charge < -0.3 is 14.9 Å². The van der Waals surface area contributed by atoms with Crippen molar-refractivity contribution >= 4 is 16.0 Å². The van der Waals surface area contributed by atoms with Crippen LogP contribution in [0.1, 0.15) is 12.8 Å². The molecule has 7 nitrogen and oxygen atoms in total. The normalized spacial score (nSPS) is 20.6. The minimum atomic E-state index is -3.71. The first-order valence-corrected chi connectivity index (χ1v) is 6.44. The molecule has 0 spiro atoms. The minimum Gasteiger partial charge on any atom is -0.480 e. The molecule has 1 unspecified atom stereocenters. The van der Waals surface area contributed by atoms with E-state index in [1.165, 1.54) is 0 Å². The second-order valence-electron chi connectivity index (χ2n) is 3.55. The smallest absolute Gasteiger partial charge is 0.324 e. The topological polar surface area (TPSA) is 113 Å². The van der Waals surface area contributed by atoms with Gasteiger partial charge in [-0.2, -0.15) is 4.72 Å². The standard InChI is InChI=1S/C8H15NO6S/c10-5-7(8(11)12)9-16(13,14)6-1-3-15-4-2-6/h6-7,9-10H,1-5H2,(H,11,12). The van der Waals surface area contributed by atoms with Gasteiger partial charge in [0.05, 0.1) is 11.9 Å². The molecule has 94 valence electrons. The zero-order valence-corrected chi connectivity index (χ0v) is 9.44. The first-order valence-electron chi connectivity index (χ1n) is 4.90. The highest BCUT2D eigenvalue weighted by atomic mass is 32.2. The van der Waals surface area contributed by atoms with Crippen LogP contribution < -0.4 is 4.72 Å². The van der Waals surface area contributed by atoms with Crippen LogP contribution in [0.4, 0.5) is 0 Å². The van der Waals surface area contributed by atoms with E-state index in [1.54, 1.807) is 0 Å². The van der Waals surface area contributed by atoms with Crippen molar-refractivity contribution in [2.45, 2.75) is 24.1 Å². The second-order valence-corrected chi connectivity index (χ2v) is 5.54. The Labute approximate surface area is 93.5 Å². The van der Waals surface area contributed by atoms with Gasteiger partial charge in [-0.15, -0.1) is 0 Å². The lowest BCUT2D eigenvalue weighted by atomic mass is 10.2. The third-order valence-electron chi connectivity index (χ3n) is 2.39. The Bertz CT molecular complexity index is 334. The number of aliphatic hydroxyl groups is 1. The Morgan fingerprint density at radius 1 is 1.44 bits per heavy atom. The predicted molar refractivity (Wildman–Crippen MR) is 54.4 cm³/mol. The van der Waals surface area contributed by atoms with Crippen molar-refractivity contribution in [1.82, 2.24) is 4.72 Å². The maximum absolute atomic E-state index is 11.7. The summed E-state index contributed by atoms with van der Waals surface area (Å²) in [6.45, 7) is -0.0668.